The van der Waals surface area contributed by atoms with Crippen LogP contribution in [-0.2, 0) is 6.42 Å². The lowest BCUT2D eigenvalue weighted by molar-refractivity contribution is 0.0645. The number of nitrogens with zero attached hydrogens (tertiary/aromatic N) is 1. The second kappa shape index (κ2) is 6.93. The summed E-state index contributed by atoms with van der Waals surface area (Å²) in [5, 5.41) is 3.83. The predicted octanol–water partition coefficient (Wildman–Crippen LogP) is 3.47. The van der Waals surface area contributed by atoms with Crippen molar-refractivity contribution in [1.82, 2.24) is 10.2 Å². The summed E-state index contributed by atoms with van der Waals surface area (Å²) in [5.74, 6) is 0.968. The van der Waals surface area contributed by atoms with Crippen molar-refractivity contribution in [2.24, 2.45) is 5.92 Å². The van der Waals surface area contributed by atoms with Crippen LogP contribution in [0.5, 0.6) is 0 Å². The van der Waals surface area contributed by atoms with E-state index in [1.807, 2.05) is 0 Å². The first-order valence-electron chi connectivity index (χ1n) is 8.84. The molecule has 0 amide bonds. The van der Waals surface area contributed by atoms with Crippen LogP contribution in [0.3, 0.4) is 0 Å². The van der Waals surface area contributed by atoms with E-state index >= 15 is 0 Å². The molecule has 2 fully saturated rings. The van der Waals surface area contributed by atoms with Crippen LogP contribution in [-0.4, -0.2) is 36.1 Å². The monoisotopic (exact) mass is 286 g/mol. The van der Waals surface area contributed by atoms with Crippen LogP contribution < -0.4 is 5.32 Å². The summed E-state index contributed by atoms with van der Waals surface area (Å²) >= 11 is 0. The van der Waals surface area contributed by atoms with E-state index in [0.717, 1.165) is 24.4 Å². The lowest BCUT2D eigenvalue weighted by Gasteiger charge is -2.45. The first kappa shape index (κ1) is 15.1. The summed E-state index contributed by atoms with van der Waals surface area (Å²) in [7, 11) is 0. The first-order chi connectivity index (χ1) is 10.3. The molecule has 1 aliphatic heterocycles. The van der Waals surface area contributed by atoms with Gasteiger partial charge in [0.05, 0.1) is 0 Å². The van der Waals surface area contributed by atoms with Crippen molar-refractivity contribution in [2.45, 2.75) is 64.1 Å². The molecule has 1 aromatic rings. The molecule has 2 atom stereocenters. The first-order valence-corrected chi connectivity index (χ1v) is 8.84. The van der Waals surface area contributed by atoms with Gasteiger partial charge in [-0.05, 0) is 43.6 Å². The topological polar surface area (TPSA) is 15.3 Å². The van der Waals surface area contributed by atoms with Crippen molar-refractivity contribution in [3.05, 3.63) is 35.9 Å². The van der Waals surface area contributed by atoms with E-state index in [-0.39, 0.29) is 0 Å². The van der Waals surface area contributed by atoms with Gasteiger partial charge in [0.1, 0.15) is 0 Å². The smallest absolute Gasteiger partial charge is 0.0252 e. The third kappa shape index (κ3) is 3.67. The maximum atomic E-state index is 3.83. The van der Waals surface area contributed by atoms with Crippen molar-refractivity contribution in [3.8, 4) is 0 Å². The summed E-state index contributed by atoms with van der Waals surface area (Å²) in [6.07, 6.45) is 6.64. The molecule has 21 heavy (non-hydrogen) atoms. The number of piperazine rings is 1. The van der Waals surface area contributed by atoms with Gasteiger partial charge in [0, 0.05) is 31.2 Å². The normalized spacial score (nSPS) is 27.2. The quantitative estimate of drug-likeness (QED) is 0.861. The minimum absolute atomic E-state index is 0.614. The zero-order valence-corrected chi connectivity index (χ0v) is 13.6. The van der Waals surface area contributed by atoms with E-state index in [1.54, 1.807) is 0 Å². The van der Waals surface area contributed by atoms with Crippen molar-refractivity contribution in [2.75, 3.05) is 13.1 Å². The average Bonchev–Trinajstić information content (AvgIpc) is 3.35. The minimum Gasteiger partial charge on any atom is -0.311 e. The van der Waals surface area contributed by atoms with Crippen LogP contribution in [0.25, 0.3) is 0 Å². The molecule has 3 rings (SSSR count). The molecular weight excluding hydrogens is 256 g/mol. The van der Waals surface area contributed by atoms with Crippen LogP contribution in [0.15, 0.2) is 30.3 Å². The molecule has 1 aromatic carbocycles. The van der Waals surface area contributed by atoms with Gasteiger partial charge in [0.15, 0.2) is 0 Å². The fraction of sp³-hybridized carbons (Fsp3) is 0.684. The number of hydrogen-bond acceptors (Lipinski definition) is 2. The van der Waals surface area contributed by atoms with Crippen molar-refractivity contribution >= 4 is 0 Å². The standard InChI is InChI=1S/C19H30N2/c1-3-18(4-2)21-14-17(12-15-8-6-5-7-9-15)20-13-19(21)16-10-11-16/h5-9,16-20H,3-4,10-14H2,1-2H3. The van der Waals surface area contributed by atoms with Crippen LogP contribution in [0.1, 0.15) is 45.1 Å². The summed E-state index contributed by atoms with van der Waals surface area (Å²) in [4.78, 5) is 2.85. The molecule has 1 saturated carbocycles. The molecule has 116 valence electrons. The zero-order chi connectivity index (χ0) is 14.7. The molecule has 1 saturated heterocycles. The van der Waals surface area contributed by atoms with Gasteiger partial charge in [-0.3, -0.25) is 4.90 Å². The number of rotatable bonds is 6. The highest BCUT2D eigenvalue weighted by Crippen LogP contribution is 2.37. The molecule has 0 radical (unpaired) electrons. The Morgan fingerprint density at radius 3 is 2.48 bits per heavy atom. The maximum absolute atomic E-state index is 3.83. The molecule has 1 N–H and O–H groups in total. The average molecular weight is 286 g/mol. The Morgan fingerprint density at radius 1 is 1.14 bits per heavy atom. The van der Waals surface area contributed by atoms with Gasteiger partial charge < -0.3 is 5.32 Å². The minimum atomic E-state index is 0.614. The molecule has 0 spiro atoms. The molecule has 2 heteroatoms. The molecule has 0 bridgehead atoms. The largest absolute Gasteiger partial charge is 0.311 e. The summed E-state index contributed by atoms with van der Waals surface area (Å²) in [5.41, 5.74) is 1.46. The fourth-order valence-corrected chi connectivity index (χ4v) is 3.99. The number of nitrogens with one attached hydrogen (secondary N) is 1. The van der Waals surface area contributed by atoms with Crippen molar-refractivity contribution in [3.63, 3.8) is 0 Å². The van der Waals surface area contributed by atoms with E-state index in [2.05, 4.69) is 54.4 Å². The highest BCUT2D eigenvalue weighted by molar-refractivity contribution is 5.16. The number of hydrogen-bond donors (Lipinski definition) is 1. The fourth-order valence-electron chi connectivity index (χ4n) is 3.99. The second-order valence-electron chi connectivity index (χ2n) is 6.87. The Bertz CT molecular complexity index is 422. The highest BCUT2D eigenvalue weighted by Gasteiger charge is 2.40. The molecule has 1 heterocycles. The van der Waals surface area contributed by atoms with Gasteiger partial charge in [-0.1, -0.05) is 44.2 Å². The molecule has 2 unspecified atom stereocenters. The van der Waals surface area contributed by atoms with Crippen LogP contribution >= 0.6 is 0 Å². The third-order valence-electron chi connectivity index (χ3n) is 5.38. The molecule has 2 aliphatic rings. The van der Waals surface area contributed by atoms with Crippen LogP contribution in [0.2, 0.25) is 0 Å². The van der Waals surface area contributed by atoms with Gasteiger partial charge in [-0.2, -0.15) is 0 Å². The van der Waals surface area contributed by atoms with E-state index in [9.17, 15) is 0 Å². The Balaban J connectivity index is 1.66. The van der Waals surface area contributed by atoms with Gasteiger partial charge in [0.2, 0.25) is 0 Å². The van der Waals surface area contributed by atoms with E-state index in [1.165, 1.54) is 44.3 Å². The van der Waals surface area contributed by atoms with E-state index in [4.69, 9.17) is 0 Å². The molecular formula is C19H30N2. The second-order valence-corrected chi connectivity index (χ2v) is 6.87. The van der Waals surface area contributed by atoms with Crippen LogP contribution in [0.4, 0.5) is 0 Å². The molecule has 1 aliphatic carbocycles. The molecule has 2 nitrogen and oxygen atoms in total. The number of benzene rings is 1. The van der Waals surface area contributed by atoms with Gasteiger partial charge >= 0.3 is 0 Å². The van der Waals surface area contributed by atoms with Crippen molar-refractivity contribution < 1.29 is 0 Å². The zero-order valence-electron chi connectivity index (χ0n) is 13.6. The van der Waals surface area contributed by atoms with Crippen LogP contribution in [0, 0.1) is 5.92 Å². The summed E-state index contributed by atoms with van der Waals surface area (Å²) < 4.78 is 0. The van der Waals surface area contributed by atoms with Gasteiger partial charge in [0.25, 0.3) is 0 Å². The summed E-state index contributed by atoms with van der Waals surface area (Å²) in [6, 6.07) is 13.1. The van der Waals surface area contributed by atoms with E-state index < -0.39 is 0 Å². The Kier molecular flexibility index (Phi) is 4.97. The highest BCUT2D eigenvalue weighted by atomic mass is 15.3. The van der Waals surface area contributed by atoms with Gasteiger partial charge in [-0.15, -0.1) is 0 Å². The SMILES string of the molecule is CCC(CC)N1CC(Cc2ccccc2)NCC1C1CC1. The van der Waals surface area contributed by atoms with Gasteiger partial charge in [-0.25, -0.2) is 0 Å². The Labute approximate surface area is 129 Å². The summed E-state index contributed by atoms with van der Waals surface area (Å²) in [6.45, 7) is 7.12. The predicted molar refractivity (Wildman–Crippen MR) is 89.5 cm³/mol. The lowest BCUT2D eigenvalue weighted by atomic mass is 9.96. The Hall–Kier alpha value is -0.860. The molecule has 0 aromatic heterocycles. The lowest BCUT2D eigenvalue weighted by Crippen LogP contribution is -2.60. The Morgan fingerprint density at radius 2 is 1.86 bits per heavy atom. The van der Waals surface area contributed by atoms with Crippen molar-refractivity contribution in [1.29, 1.82) is 0 Å². The van der Waals surface area contributed by atoms with E-state index in [0.29, 0.717) is 6.04 Å². The maximum Gasteiger partial charge on any atom is 0.0252 e. The third-order valence-corrected chi connectivity index (χ3v) is 5.38.